The molecule has 1 N–H and O–H groups in total. The van der Waals surface area contributed by atoms with Gasteiger partial charge in [-0.15, -0.1) is 10.2 Å². The molecule has 0 fully saturated rings. The predicted molar refractivity (Wildman–Crippen MR) is 132 cm³/mol. The number of hydrogen-bond donors (Lipinski definition) is 1. The van der Waals surface area contributed by atoms with Gasteiger partial charge in [-0.05, 0) is 34.5 Å². The van der Waals surface area contributed by atoms with Gasteiger partial charge in [0.2, 0.25) is 5.82 Å². The zero-order valence-electron chi connectivity index (χ0n) is 19.8. The van der Waals surface area contributed by atoms with Gasteiger partial charge in [0.25, 0.3) is 11.8 Å². The van der Waals surface area contributed by atoms with Crippen LogP contribution in [0, 0.1) is 0 Å². The van der Waals surface area contributed by atoms with Crippen molar-refractivity contribution in [3.63, 3.8) is 0 Å². The molecule has 0 spiro atoms. The summed E-state index contributed by atoms with van der Waals surface area (Å²) in [5, 5.41) is 20.0. The molecule has 0 bridgehead atoms. The van der Waals surface area contributed by atoms with Gasteiger partial charge in [-0.3, -0.25) is 9.59 Å². The molecule has 0 radical (unpaired) electrons. The van der Waals surface area contributed by atoms with Crippen molar-refractivity contribution in [3.8, 4) is 17.3 Å². The van der Waals surface area contributed by atoms with Crippen molar-refractivity contribution in [2.75, 3.05) is 18.6 Å². The maximum absolute atomic E-state index is 13.1. The highest BCUT2D eigenvalue weighted by Gasteiger charge is 2.23. The number of benzene rings is 2. The summed E-state index contributed by atoms with van der Waals surface area (Å²) in [5.74, 6) is 0.444. The Morgan fingerprint density at radius 3 is 2.81 bits per heavy atom. The molecule has 6 rings (SSSR count). The Hall–Kier alpha value is -5.13. The number of ether oxygens (including phenoxy) is 1. The van der Waals surface area contributed by atoms with Crippen LogP contribution in [0.1, 0.15) is 21.6 Å². The summed E-state index contributed by atoms with van der Waals surface area (Å²) in [5.41, 5.74) is 3.67. The SMILES string of the molecule is CN1C(=O)COc2ccc(CNC(=O)c3cc(-c4nnn(Cc5ccccc5)n4)n4nccc4n3)cc21. The third-order valence-electron chi connectivity index (χ3n) is 6.00. The molecule has 12 heteroatoms. The Kier molecular flexibility index (Phi) is 5.52. The summed E-state index contributed by atoms with van der Waals surface area (Å²) in [6, 6.07) is 18.5. The van der Waals surface area contributed by atoms with Crippen LogP contribution in [0.15, 0.2) is 66.9 Å². The lowest BCUT2D eigenvalue weighted by Gasteiger charge is -2.26. The largest absolute Gasteiger partial charge is 0.482 e. The van der Waals surface area contributed by atoms with Crippen LogP contribution >= 0.6 is 0 Å². The molecule has 2 amide bonds. The molecule has 1 aliphatic rings. The molecule has 37 heavy (non-hydrogen) atoms. The van der Waals surface area contributed by atoms with Gasteiger partial charge >= 0.3 is 0 Å². The van der Waals surface area contributed by atoms with Crippen molar-refractivity contribution in [1.82, 2.24) is 40.1 Å². The summed E-state index contributed by atoms with van der Waals surface area (Å²) in [6.45, 7) is 0.710. The lowest BCUT2D eigenvalue weighted by atomic mass is 10.1. The smallest absolute Gasteiger partial charge is 0.270 e. The average Bonchev–Trinajstić information content (AvgIpc) is 3.59. The Labute approximate surface area is 210 Å². The van der Waals surface area contributed by atoms with E-state index in [1.165, 1.54) is 4.80 Å². The number of nitrogens with one attached hydrogen (secondary N) is 1. The van der Waals surface area contributed by atoms with Gasteiger partial charge in [0.15, 0.2) is 12.3 Å². The van der Waals surface area contributed by atoms with E-state index in [-0.39, 0.29) is 30.7 Å². The molecule has 3 aromatic heterocycles. The van der Waals surface area contributed by atoms with Crippen molar-refractivity contribution in [3.05, 3.63) is 83.7 Å². The van der Waals surface area contributed by atoms with Crippen LogP contribution in [0.5, 0.6) is 5.75 Å². The Balaban J connectivity index is 1.23. The molecule has 0 saturated carbocycles. The second-order valence-electron chi connectivity index (χ2n) is 8.48. The molecule has 0 atom stereocenters. The number of rotatable bonds is 6. The molecule has 12 nitrogen and oxygen atoms in total. The number of fused-ring (bicyclic) bond motifs is 2. The number of hydrogen-bond acceptors (Lipinski definition) is 8. The molecular formula is C25H21N9O3. The minimum atomic E-state index is -0.375. The van der Waals surface area contributed by atoms with E-state index in [0.717, 1.165) is 11.1 Å². The van der Waals surface area contributed by atoms with Crippen LogP contribution in [0.4, 0.5) is 5.69 Å². The quantitative estimate of drug-likeness (QED) is 0.377. The van der Waals surface area contributed by atoms with Crippen LogP contribution < -0.4 is 15.0 Å². The van der Waals surface area contributed by atoms with Gasteiger partial charge in [0.1, 0.15) is 17.1 Å². The third kappa shape index (κ3) is 4.35. The monoisotopic (exact) mass is 495 g/mol. The van der Waals surface area contributed by atoms with E-state index in [1.54, 1.807) is 40.9 Å². The number of nitrogens with zero attached hydrogens (tertiary/aromatic N) is 8. The minimum absolute atomic E-state index is 0.0134. The van der Waals surface area contributed by atoms with E-state index >= 15 is 0 Å². The lowest BCUT2D eigenvalue weighted by Crippen LogP contribution is -2.35. The first-order valence-corrected chi connectivity index (χ1v) is 11.5. The van der Waals surface area contributed by atoms with Crippen LogP contribution in [0.25, 0.3) is 17.2 Å². The molecule has 4 heterocycles. The maximum atomic E-state index is 13.1. The van der Waals surface area contributed by atoms with E-state index in [4.69, 9.17) is 4.74 Å². The fourth-order valence-electron chi connectivity index (χ4n) is 4.05. The van der Waals surface area contributed by atoms with Crippen LogP contribution in [0.3, 0.4) is 0 Å². The van der Waals surface area contributed by atoms with E-state index in [9.17, 15) is 9.59 Å². The second kappa shape index (κ2) is 9.15. The topological polar surface area (TPSA) is 132 Å². The van der Waals surface area contributed by atoms with E-state index in [1.807, 2.05) is 42.5 Å². The highest BCUT2D eigenvalue weighted by atomic mass is 16.5. The van der Waals surface area contributed by atoms with Crippen molar-refractivity contribution >= 4 is 23.1 Å². The van der Waals surface area contributed by atoms with Gasteiger partial charge in [0.05, 0.1) is 18.4 Å². The standard InChI is InChI=1S/C25H21N9O3/c1-32-19-11-17(7-8-21(19)37-15-23(32)35)13-26-25(36)18-12-20(34-22(28-18)9-10-27-34)24-29-31-33(30-24)14-16-5-3-2-4-6-16/h2-12H,13-15H2,1H3,(H,26,36). The normalized spacial score (nSPS) is 12.9. The van der Waals surface area contributed by atoms with Gasteiger partial charge in [-0.1, -0.05) is 36.4 Å². The zero-order chi connectivity index (χ0) is 25.4. The number of tetrazole rings is 1. The van der Waals surface area contributed by atoms with Gasteiger partial charge in [-0.25, -0.2) is 9.50 Å². The predicted octanol–water partition coefficient (Wildman–Crippen LogP) is 1.72. The molecule has 0 unspecified atom stereocenters. The third-order valence-corrected chi connectivity index (χ3v) is 6.00. The number of aromatic nitrogens is 7. The van der Waals surface area contributed by atoms with Crippen molar-refractivity contribution in [1.29, 1.82) is 0 Å². The molecule has 0 aliphatic carbocycles. The zero-order valence-corrected chi connectivity index (χ0v) is 19.8. The summed E-state index contributed by atoms with van der Waals surface area (Å²) < 4.78 is 7.03. The van der Waals surface area contributed by atoms with Crippen LogP contribution in [-0.2, 0) is 17.9 Å². The van der Waals surface area contributed by atoms with Crippen molar-refractivity contribution in [2.24, 2.45) is 0 Å². The fraction of sp³-hybridized carbons (Fsp3) is 0.160. The molecular weight excluding hydrogens is 474 g/mol. The first-order chi connectivity index (χ1) is 18.0. The van der Waals surface area contributed by atoms with Crippen LogP contribution in [-0.4, -0.2) is 60.3 Å². The van der Waals surface area contributed by atoms with E-state index in [2.05, 4.69) is 30.8 Å². The van der Waals surface area contributed by atoms with E-state index < -0.39 is 0 Å². The first-order valence-electron chi connectivity index (χ1n) is 11.5. The van der Waals surface area contributed by atoms with Crippen LogP contribution in [0.2, 0.25) is 0 Å². The van der Waals surface area contributed by atoms with Gasteiger partial charge < -0.3 is 15.0 Å². The Bertz CT molecular complexity index is 1630. The highest BCUT2D eigenvalue weighted by molar-refractivity contribution is 5.97. The average molecular weight is 496 g/mol. The number of amides is 2. The maximum Gasteiger partial charge on any atom is 0.270 e. The molecule has 184 valence electrons. The van der Waals surface area contributed by atoms with E-state index in [0.29, 0.717) is 35.1 Å². The lowest BCUT2D eigenvalue weighted by molar-refractivity contribution is -0.120. The van der Waals surface area contributed by atoms with Crippen molar-refractivity contribution < 1.29 is 14.3 Å². The van der Waals surface area contributed by atoms with Gasteiger partial charge in [0, 0.05) is 19.7 Å². The molecule has 5 aromatic rings. The Morgan fingerprint density at radius 2 is 1.95 bits per heavy atom. The molecule has 1 aliphatic heterocycles. The molecule has 2 aromatic carbocycles. The minimum Gasteiger partial charge on any atom is -0.482 e. The second-order valence-corrected chi connectivity index (χ2v) is 8.48. The number of anilines is 1. The first kappa shape index (κ1) is 22.3. The van der Waals surface area contributed by atoms with Crippen molar-refractivity contribution in [2.45, 2.75) is 13.1 Å². The van der Waals surface area contributed by atoms with Gasteiger partial charge in [-0.2, -0.15) is 9.90 Å². The fourth-order valence-corrected chi connectivity index (χ4v) is 4.05. The Morgan fingerprint density at radius 1 is 1.08 bits per heavy atom. The summed E-state index contributed by atoms with van der Waals surface area (Å²) in [6.07, 6.45) is 1.59. The number of carbonyl (C=O) groups is 2. The number of carbonyl (C=O) groups excluding carboxylic acids is 2. The summed E-state index contributed by atoms with van der Waals surface area (Å²) >= 11 is 0. The highest BCUT2D eigenvalue weighted by Crippen LogP contribution is 2.32. The number of likely N-dealkylation sites (N-methyl/N-ethyl adjacent to an activating group) is 1. The summed E-state index contributed by atoms with van der Waals surface area (Å²) in [4.78, 5) is 32.5. The molecule has 0 saturated heterocycles. The summed E-state index contributed by atoms with van der Waals surface area (Å²) in [7, 11) is 1.70.